The Morgan fingerprint density at radius 3 is 2.68 bits per heavy atom. The maximum Gasteiger partial charge on any atom is 0.274 e. The average molecular weight is 386 g/mol. The van der Waals surface area contributed by atoms with Crippen LogP contribution in [0.1, 0.15) is 10.5 Å². The minimum atomic E-state index is -0.305. The van der Waals surface area contributed by atoms with Crippen molar-refractivity contribution in [2.45, 2.75) is 0 Å². The summed E-state index contributed by atoms with van der Waals surface area (Å²) in [7, 11) is 0. The molecule has 2 rings (SSSR count). The first-order valence-electron chi connectivity index (χ1n) is 5.29. The molecule has 0 atom stereocenters. The van der Waals surface area contributed by atoms with Gasteiger partial charge in [-0.15, -0.1) is 0 Å². The quantitative estimate of drug-likeness (QED) is 0.560. The molecule has 4 N–H and O–H groups in total. The minimum Gasteiger partial charge on any atom is -0.324 e. The van der Waals surface area contributed by atoms with Crippen LogP contribution in [0.4, 0.5) is 11.4 Å². The summed E-state index contributed by atoms with van der Waals surface area (Å²) in [6.45, 7) is 0. The van der Waals surface area contributed by atoms with Crippen LogP contribution in [0.5, 0.6) is 0 Å². The number of hydrogen-bond acceptors (Lipinski definition) is 4. The van der Waals surface area contributed by atoms with Crippen LogP contribution in [-0.2, 0) is 0 Å². The summed E-state index contributed by atoms with van der Waals surface area (Å²) in [6, 6.07) is 8.72. The second kappa shape index (κ2) is 6.14. The van der Waals surface area contributed by atoms with Gasteiger partial charge < -0.3 is 10.7 Å². The van der Waals surface area contributed by atoms with Gasteiger partial charge in [-0.1, -0.05) is 15.9 Å². The molecule has 0 saturated heterocycles. The summed E-state index contributed by atoms with van der Waals surface area (Å²) >= 11 is 6.73. The van der Waals surface area contributed by atoms with Gasteiger partial charge in [0, 0.05) is 15.1 Å². The second-order valence-corrected chi connectivity index (χ2v) is 5.42. The number of amides is 1. The number of hydrogen-bond donors (Lipinski definition) is 3. The molecule has 0 aliphatic rings. The molecule has 0 aliphatic carbocycles. The number of hydrazine groups is 1. The van der Waals surface area contributed by atoms with Gasteiger partial charge in [-0.3, -0.25) is 15.6 Å². The number of nitrogens with two attached hydrogens (primary N) is 1. The van der Waals surface area contributed by atoms with Crippen molar-refractivity contribution in [2.24, 2.45) is 5.84 Å². The first-order valence-corrected chi connectivity index (χ1v) is 6.88. The Morgan fingerprint density at radius 1 is 1.21 bits per heavy atom. The number of anilines is 2. The number of nitrogens with one attached hydrogen (secondary N) is 2. The Bertz CT molecular complexity index is 618. The molecule has 2 aromatic rings. The van der Waals surface area contributed by atoms with Gasteiger partial charge in [-0.25, -0.2) is 0 Å². The van der Waals surface area contributed by atoms with E-state index in [9.17, 15) is 4.79 Å². The van der Waals surface area contributed by atoms with E-state index < -0.39 is 0 Å². The van der Waals surface area contributed by atoms with E-state index in [1.54, 1.807) is 18.2 Å². The highest BCUT2D eigenvalue weighted by atomic mass is 79.9. The number of rotatable bonds is 3. The number of benzene rings is 1. The zero-order chi connectivity index (χ0) is 13.8. The average Bonchev–Trinajstić information content (AvgIpc) is 2.42. The largest absolute Gasteiger partial charge is 0.324 e. The summed E-state index contributed by atoms with van der Waals surface area (Å²) in [5.74, 6) is 4.98. The van der Waals surface area contributed by atoms with Gasteiger partial charge in [0.1, 0.15) is 5.69 Å². The maximum atomic E-state index is 12.0. The molecule has 1 aromatic carbocycles. The minimum absolute atomic E-state index is 0.283. The molecule has 98 valence electrons. The van der Waals surface area contributed by atoms with Gasteiger partial charge in [0.2, 0.25) is 0 Å². The molecular formula is C12H10Br2N4O. The first kappa shape index (κ1) is 14.0. The molecular weight excluding hydrogens is 376 g/mol. The van der Waals surface area contributed by atoms with E-state index in [0.29, 0.717) is 11.4 Å². The third-order valence-corrected chi connectivity index (χ3v) is 3.49. The van der Waals surface area contributed by atoms with Gasteiger partial charge >= 0.3 is 0 Å². The third kappa shape index (κ3) is 3.52. The predicted molar refractivity (Wildman–Crippen MR) is 81.8 cm³/mol. The monoisotopic (exact) mass is 384 g/mol. The van der Waals surface area contributed by atoms with Gasteiger partial charge in [-0.05, 0) is 46.3 Å². The Morgan fingerprint density at radius 2 is 2.00 bits per heavy atom. The van der Waals surface area contributed by atoms with Crippen LogP contribution in [0.15, 0.2) is 45.5 Å². The van der Waals surface area contributed by atoms with Crippen LogP contribution in [0.2, 0.25) is 0 Å². The zero-order valence-corrected chi connectivity index (χ0v) is 12.8. The fourth-order valence-corrected chi connectivity index (χ4v) is 2.57. The van der Waals surface area contributed by atoms with Gasteiger partial charge in [0.25, 0.3) is 5.91 Å². The van der Waals surface area contributed by atoms with E-state index in [2.05, 4.69) is 47.6 Å². The highest BCUT2D eigenvalue weighted by Crippen LogP contribution is 2.26. The molecule has 0 fully saturated rings. The normalized spacial score (nSPS) is 10.1. The van der Waals surface area contributed by atoms with Crippen LogP contribution in [0, 0.1) is 0 Å². The molecule has 1 amide bonds. The SMILES string of the molecule is NNc1ccnc(C(=O)Nc2ccc(Br)cc2Br)c1. The van der Waals surface area contributed by atoms with Gasteiger partial charge in [-0.2, -0.15) is 0 Å². The number of halogens is 2. The summed E-state index contributed by atoms with van der Waals surface area (Å²) in [4.78, 5) is 16.0. The fraction of sp³-hybridized carbons (Fsp3) is 0. The highest BCUT2D eigenvalue weighted by Gasteiger charge is 2.10. The summed E-state index contributed by atoms with van der Waals surface area (Å²) < 4.78 is 1.70. The van der Waals surface area contributed by atoms with Crippen molar-refractivity contribution in [3.63, 3.8) is 0 Å². The molecule has 1 heterocycles. The summed E-state index contributed by atoms with van der Waals surface area (Å²) in [5.41, 5.74) is 4.04. The van der Waals surface area contributed by atoms with Crippen LogP contribution in [0.3, 0.4) is 0 Å². The third-order valence-electron chi connectivity index (χ3n) is 2.34. The summed E-state index contributed by atoms with van der Waals surface area (Å²) in [6.07, 6.45) is 1.51. The Labute approximate surface area is 126 Å². The molecule has 0 radical (unpaired) electrons. The van der Waals surface area contributed by atoms with Gasteiger partial charge in [0.05, 0.1) is 11.4 Å². The molecule has 0 unspecified atom stereocenters. The molecule has 19 heavy (non-hydrogen) atoms. The van der Waals surface area contributed by atoms with E-state index in [-0.39, 0.29) is 11.6 Å². The van der Waals surface area contributed by atoms with E-state index in [1.807, 2.05) is 12.1 Å². The number of carbonyl (C=O) groups is 1. The molecule has 0 spiro atoms. The predicted octanol–water partition coefficient (Wildman–Crippen LogP) is 3.14. The number of carbonyl (C=O) groups excluding carboxylic acids is 1. The van der Waals surface area contributed by atoms with Crippen LogP contribution >= 0.6 is 31.9 Å². The van der Waals surface area contributed by atoms with Crippen LogP contribution in [0.25, 0.3) is 0 Å². The van der Waals surface area contributed by atoms with Crippen molar-refractivity contribution in [1.29, 1.82) is 0 Å². The molecule has 1 aromatic heterocycles. The Hall–Kier alpha value is -1.44. The molecule has 0 bridgehead atoms. The lowest BCUT2D eigenvalue weighted by molar-refractivity contribution is 0.102. The highest BCUT2D eigenvalue weighted by molar-refractivity contribution is 9.11. The lowest BCUT2D eigenvalue weighted by Gasteiger charge is -2.08. The van der Waals surface area contributed by atoms with E-state index in [0.717, 1.165) is 8.95 Å². The van der Waals surface area contributed by atoms with Crippen LogP contribution in [-0.4, -0.2) is 10.9 Å². The summed E-state index contributed by atoms with van der Waals surface area (Å²) in [5, 5.41) is 2.77. The van der Waals surface area contributed by atoms with Crippen molar-refractivity contribution < 1.29 is 4.79 Å². The van der Waals surface area contributed by atoms with E-state index in [4.69, 9.17) is 5.84 Å². The van der Waals surface area contributed by atoms with E-state index in [1.165, 1.54) is 6.20 Å². The van der Waals surface area contributed by atoms with Crippen molar-refractivity contribution in [3.8, 4) is 0 Å². The van der Waals surface area contributed by atoms with Crippen molar-refractivity contribution in [3.05, 3.63) is 51.2 Å². The van der Waals surface area contributed by atoms with Crippen molar-refractivity contribution >= 4 is 49.1 Å². The fourth-order valence-electron chi connectivity index (χ4n) is 1.42. The first-order chi connectivity index (χ1) is 9.10. The lowest BCUT2D eigenvalue weighted by atomic mass is 10.2. The van der Waals surface area contributed by atoms with E-state index >= 15 is 0 Å². The number of aromatic nitrogens is 1. The second-order valence-electron chi connectivity index (χ2n) is 3.65. The van der Waals surface area contributed by atoms with Gasteiger partial charge in [0.15, 0.2) is 0 Å². The number of pyridine rings is 1. The molecule has 0 aliphatic heterocycles. The maximum absolute atomic E-state index is 12.0. The van der Waals surface area contributed by atoms with Crippen molar-refractivity contribution in [1.82, 2.24) is 4.98 Å². The standard InChI is InChI=1S/C12H10Br2N4O/c13-7-1-2-10(9(14)5-7)17-12(19)11-6-8(18-15)3-4-16-11/h1-6H,15H2,(H,16,18)(H,17,19). The number of nitrogen functional groups attached to an aromatic ring is 1. The molecule has 5 nitrogen and oxygen atoms in total. The smallest absolute Gasteiger partial charge is 0.274 e. The number of nitrogens with zero attached hydrogens (tertiary/aromatic N) is 1. The molecule has 7 heteroatoms. The lowest BCUT2D eigenvalue weighted by Crippen LogP contribution is -2.15. The van der Waals surface area contributed by atoms with Crippen LogP contribution < -0.4 is 16.6 Å². The zero-order valence-electron chi connectivity index (χ0n) is 9.65. The molecule has 0 saturated carbocycles. The van der Waals surface area contributed by atoms with Crippen molar-refractivity contribution in [2.75, 3.05) is 10.7 Å². The topological polar surface area (TPSA) is 80.0 Å². The Balaban J connectivity index is 2.20. The Kier molecular flexibility index (Phi) is 4.52.